The third-order valence-electron chi connectivity index (χ3n) is 2.44. The van der Waals surface area contributed by atoms with E-state index in [1.165, 1.54) is 6.20 Å². The van der Waals surface area contributed by atoms with Crippen molar-refractivity contribution in [1.82, 2.24) is 15.4 Å². The van der Waals surface area contributed by atoms with Crippen molar-refractivity contribution < 1.29 is 13.2 Å². The number of benzene rings is 1. The van der Waals surface area contributed by atoms with Crippen molar-refractivity contribution in [2.24, 2.45) is 0 Å². The lowest BCUT2D eigenvalue weighted by Crippen LogP contribution is -2.15. The quantitative estimate of drug-likeness (QED) is 0.755. The van der Waals surface area contributed by atoms with Gasteiger partial charge in [-0.1, -0.05) is 0 Å². The average Bonchev–Trinajstić information content (AvgIpc) is 2.95. The molecule has 0 radical (unpaired) electrons. The van der Waals surface area contributed by atoms with E-state index in [1.54, 1.807) is 31.2 Å². The Balaban J connectivity index is 2.04. The largest absolute Gasteiger partial charge is 0.321 e. The van der Waals surface area contributed by atoms with E-state index in [1.807, 2.05) is 0 Å². The van der Waals surface area contributed by atoms with E-state index in [4.69, 9.17) is 0 Å². The number of amides is 1. The minimum absolute atomic E-state index is 0.00234. The van der Waals surface area contributed by atoms with E-state index in [9.17, 15) is 13.2 Å². The van der Waals surface area contributed by atoms with Crippen molar-refractivity contribution in [3.05, 3.63) is 36.2 Å². The number of hydrogen-bond acceptors (Lipinski definition) is 5. The Morgan fingerprint density at radius 3 is 2.45 bits per heavy atom. The summed E-state index contributed by atoms with van der Waals surface area (Å²) in [6, 6.07) is 6.30. The Morgan fingerprint density at radius 1 is 1.25 bits per heavy atom. The Bertz CT molecular complexity index is 679. The van der Waals surface area contributed by atoms with Crippen molar-refractivity contribution in [2.75, 3.05) is 15.8 Å². The summed E-state index contributed by atoms with van der Waals surface area (Å²) in [5.41, 5.74) is 1.13. The molecule has 0 saturated carbocycles. The predicted molar refractivity (Wildman–Crippen MR) is 73.9 cm³/mol. The molecule has 1 heterocycles. The van der Waals surface area contributed by atoms with Crippen LogP contribution in [0.3, 0.4) is 0 Å². The number of aromatic nitrogens is 3. The van der Waals surface area contributed by atoms with Gasteiger partial charge in [-0.15, -0.1) is 0 Å². The van der Waals surface area contributed by atoms with Crippen molar-refractivity contribution in [3.8, 4) is 0 Å². The van der Waals surface area contributed by atoms with Gasteiger partial charge in [0.15, 0.2) is 5.69 Å². The van der Waals surface area contributed by atoms with Crippen molar-refractivity contribution in [3.63, 3.8) is 0 Å². The lowest BCUT2D eigenvalue weighted by atomic mass is 10.3. The molecule has 2 rings (SSSR count). The van der Waals surface area contributed by atoms with Crippen molar-refractivity contribution in [1.29, 1.82) is 0 Å². The maximum atomic E-state index is 11.7. The number of H-pyrrole nitrogens is 1. The van der Waals surface area contributed by atoms with Crippen LogP contribution in [0, 0.1) is 0 Å². The molecule has 106 valence electrons. The highest BCUT2D eigenvalue weighted by Gasteiger charge is 2.09. The Kier molecular flexibility index (Phi) is 3.99. The molecule has 0 unspecified atom stereocenters. The zero-order valence-electron chi connectivity index (χ0n) is 10.6. The first-order valence-corrected chi connectivity index (χ1v) is 7.43. The summed E-state index contributed by atoms with van der Waals surface area (Å²) < 4.78 is 25.2. The lowest BCUT2D eigenvalue weighted by Gasteiger charge is -2.07. The number of nitrogens with one attached hydrogen (secondary N) is 3. The minimum Gasteiger partial charge on any atom is -0.321 e. The fraction of sp³-hybridized carbons (Fsp3) is 0.182. The van der Waals surface area contributed by atoms with Crippen LogP contribution in [0.1, 0.15) is 17.4 Å². The Morgan fingerprint density at radius 2 is 1.90 bits per heavy atom. The number of aromatic amines is 1. The first-order valence-electron chi connectivity index (χ1n) is 5.78. The van der Waals surface area contributed by atoms with Gasteiger partial charge in [-0.2, -0.15) is 15.4 Å². The van der Waals surface area contributed by atoms with E-state index in [0.29, 0.717) is 11.4 Å². The maximum absolute atomic E-state index is 11.7. The summed E-state index contributed by atoms with van der Waals surface area (Å²) in [7, 11) is -3.30. The van der Waals surface area contributed by atoms with Gasteiger partial charge in [0.25, 0.3) is 5.91 Å². The van der Waals surface area contributed by atoms with Crippen LogP contribution in [0.5, 0.6) is 0 Å². The molecule has 0 aliphatic rings. The molecule has 0 bridgehead atoms. The van der Waals surface area contributed by atoms with E-state index in [2.05, 4.69) is 25.4 Å². The fourth-order valence-corrected chi connectivity index (χ4v) is 2.02. The van der Waals surface area contributed by atoms with Gasteiger partial charge in [-0.05, 0) is 31.2 Å². The topological polar surface area (TPSA) is 117 Å². The number of rotatable bonds is 5. The van der Waals surface area contributed by atoms with Crippen LogP contribution in [-0.4, -0.2) is 35.5 Å². The second kappa shape index (κ2) is 5.70. The van der Waals surface area contributed by atoms with Crippen molar-refractivity contribution >= 4 is 27.3 Å². The van der Waals surface area contributed by atoms with Gasteiger partial charge >= 0.3 is 0 Å². The highest BCUT2D eigenvalue weighted by Crippen LogP contribution is 2.15. The van der Waals surface area contributed by atoms with Gasteiger partial charge in [0.2, 0.25) is 10.0 Å². The van der Waals surface area contributed by atoms with Crippen molar-refractivity contribution in [2.45, 2.75) is 6.92 Å². The van der Waals surface area contributed by atoms with E-state index in [-0.39, 0.29) is 11.4 Å². The molecule has 0 aliphatic carbocycles. The monoisotopic (exact) mass is 295 g/mol. The molecule has 8 nitrogen and oxygen atoms in total. The highest BCUT2D eigenvalue weighted by molar-refractivity contribution is 7.92. The molecule has 0 fully saturated rings. The molecule has 0 atom stereocenters. The molecule has 0 spiro atoms. The van der Waals surface area contributed by atoms with Crippen LogP contribution in [-0.2, 0) is 10.0 Å². The standard InChI is InChI=1S/C11H13N5O3S/c1-2-20(18,19)15-9-5-3-8(4-6-9)13-11(17)10-7-12-16-14-10/h3-7,15H,2H2,1H3,(H,13,17)(H,12,14,16). The van der Waals surface area contributed by atoms with Gasteiger partial charge < -0.3 is 5.32 Å². The van der Waals surface area contributed by atoms with Gasteiger partial charge in [-0.25, -0.2) is 8.42 Å². The molecular formula is C11H13N5O3S. The lowest BCUT2D eigenvalue weighted by molar-refractivity contribution is 0.102. The van der Waals surface area contributed by atoms with Crippen LogP contribution in [0.4, 0.5) is 11.4 Å². The molecule has 1 aromatic carbocycles. The number of sulfonamides is 1. The fourth-order valence-electron chi connectivity index (χ4n) is 1.38. The van der Waals surface area contributed by atoms with Gasteiger partial charge in [0, 0.05) is 11.4 Å². The van der Waals surface area contributed by atoms with Gasteiger partial charge in [-0.3, -0.25) is 9.52 Å². The minimum atomic E-state index is -3.30. The Hall–Kier alpha value is -2.42. The van der Waals surface area contributed by atoms with E-state index < -0.39 is 15.9 Å². The zero-order valence-corrected chi connectivity index (χ0v) is 11.4. The molecule has 1 amide bonds. The molecular weight excluding hydrogens is 282 g/mol. The average molecular weight is 295 g/mol. The molecule has 0 saturated heterocycles. The van der Waals surface area contributed by atoms with E-state index >= 15 is 0 Å². The third kappa shape index (κ3) is 3.54. The van der Waals surface area contributed by atoms with Crippen LogP contribution >= 0.6 is 0 Å². The SMILES string of the molecule is CCS(=O)(=O)Nc1ccc(NC(=O)c2cn[nH]n2)cc1. The first-order chi connectivity index (χ1) is 9.50. The second-order valence-electron chi connectivity index (χ2n) is 3.89. The summed E-state index contributed by atoms with van der Waals surface area (Å²) in [6.45, 7) is 1.55. The number of carbonyl (C=O) groups is 1. The number of hydrogen-bond donors (Lipinski definition) is 3. The van der Waals surface area contributed by atoms with Crippen LogP contribution in [0.15, 0.2) is 30.5 Å². The summed E-state index contributed by atoms with van der Waals surface area (Å²) >= 11 is 0. The number of carbonyl (C=O) groups excluding carboxylic acids is 1. The zero-order chi connectivity index (χ0) is 14.6. The normalized spacial score (nSPS) is 11.1. The van der Waals surface area contributed by atoms with Gasteiger partial charge in [0.1, 0.15) is 0 Å². The molecule has 1 aromatic heterocycles. The first kappa shape index (κ1) is 14.0. The predicted octanol–water partition coefficient (Wildman–Crippen LogP) is 0.819. The number of nitrogens with zero attached hydrogens (tertiary/aromatic N) is 2. The molecule has 0 aliphatic heterocycles. The van der Waals surface area contributed by atoms with E-state index in [0.717, 1.165) is 0 Å². The van der Waals surface area contributed by atoms with Gasteiger partial charge in [0.05, 0.1) is 11.9 Å². The summed E-state index contributed by atoms with van der Waals surface area (Å²) in [5, 5.41) is 12.1. The van der Waals surface area contributed by atoms with Crippen LogP contribution in [0.25, 0.3) is 0 Å². The molecule has 3 N–H and O–H groups in total. The summed E-state index contributed by atoms with van der Waals surface area (Å²) in [5.74, 6) is -0.405. The second-order valence-corrected chi connectivity index (χ2v) is 5.90. The third-order valence-corrected chi connectivity index (χ3v) is 3.75. The molecule has 20 heavy (non-hydrogen) atoms. The molecule has 2 aromatic rings. The summed E-state index contributed by atoms with van der Waals surface area (Å²) in [4.78, 5) is 11.7. The summed E-state index contributed by atoms with van der Waals surface area (Å²) in [6.07, 6.45) is 1.30. The smallest absolute Gasteiger partial charge is 0.277 e. The van der Waals surface area contributed by atoms with Crippen LogP contribution < -0.4 is 10.0 Å². The highest BCUT2D eigenvalue weighted by atomic mass is 32.2. The maximum Gasteiger partial charge on any atom is 0.277 e. The molecule has 9 heteroatoms. The number of anilines is 2. The van der Waals surface area contributed by atoms with Crippen LogP contribution in [0.2, 0.25) is 0 Å². The Labute approximate surface area is 115 Å².